The Bertz CT molecular complexity index is 957. The maximum absolute atomic E-state index is 13.3. The molecular weight excluding hydrogens is 337 g/mol. The molecule has 3 rings (SSSR count). The lowest BCUT2D eigenvalue weighted by Gasteiger charge is -2.06. The highest BCUT2D eigenvalue weighted by molar-refractivity contribution is 7.22. The molecule has 0 bridgehead atoms. The molecule has 0 aliphatic rings. The number of amides is 1. The highest BCUT2D eigenvalue weighted by atomic mass is 32.1. The number of anilines is 1. The molecule has 0 fully saturated rings. The van der Waals surface area contributed by atoms with Crippen LogP contribution in [0.1, 0.15) is 20.7 Å². The number of aromatic carboxylic acids is 1. The van der Waals surface area contributed by atoms with Crippen molar-refractivity contribution in [3.8, 4) is 5.88 Å². The number of carboxylic acid groups (broad SMARTS) is 1. The number of halogens is 1. The third-order valence-electron chi connectivity index (χ3n) is 3.11. The largest absolute Gasteiger partial charge is 0.480 e. The molecule has 0 atom stereocenters. The number of carboxylic acids is 1. The van der Waals surface area contributed by atoms with Gasteiger partial charge in [-0.25, -0.2) is 19.2 Å². The Hall–Kier alpha value is -3.07. The van der Waals surface area contributed by atoms with Crippen molar-refractivity contribution in [1.82, 2.24) is 9.97 Å². The fraction of sp³-hybridized carbons (Fsp3) is 0.0667. The van der Waals surface area contributed by atoms with E-state index in [0.29, 0.717) is 10.2 Å². The number of nitrogens with one attached hydrogen (secondary N) is 1. The van der Waals surface area contributed by atoms with E-state index < -0.39 is 17.7 Å². The molecule has 9 heteroatoms. The number of methoxy groups -OCH3 is 1. The maximum Gasteiger partial charge on any atom is 0.335 e. The van der Waals surface area contributed by atoms with E-state index in [-0.39, 0.29) is 22.1 Å². The summed E-state index contributed by atoms with van der Waals surface area (Å²) in [4.78, 5) is 31.1. The van der Waals surface area contributed by atoms with Gasteiger partial charge in [0.05, 0.1) is 29.1 Å². The number of aromatic nitrogens is 2. The predicted molar refractivity (Wildman–Crippen MR) is 85.3 cm³/mol. The minimum atomic E-state index is -1.05. The number of hydrogen-bond donors (Lipinski definition) is 2. The maximum atomic E-state index is 13.3. The van der Waals surface area contributed by atoms with Gasteiger partial charge in [-0.15, -0.1) is 0 Å². The molecular formula is C15H10FN3O4S. The Morgan fingerprint density at radius 3 is 2.83 bits per heavy atom. The third-order valence-corrected chi connectivity index (χ3v) is 4.05. The van der Waals surface area contributed by atoms with Crippen molar-refractivity contribution in [3.63, 3.8) is 0 Å². The summed E-state index contributed by atoms with van der Waals surface area (Å²) in [5.41, 5.74) is 0.604. The summed E-state index contributed by atoms with van der Waals surface area (Å²) in [5.74, 6) is -2.36. The van der Waals surface area contributed by atoms with Crippen molar-refractivity contribution in [1.29, 1.82) is 0 Å². The molecule has 0 aliphatic carbocycles. The first-order valence-corrected chi connectivity index (χ1v) is 7.44. The van der Waals surface area contributed by atoms with Crippen LogP contribution in [0.15, 0.2) is 30.5 Å². The molecule has 24 heavy (non-hydrogen) atoms. The summed E-state index contributed by atoms with van der Waals surface area (Å²) in [6.45, 7) is 0. The number of nitrogens with zero attached hydrogens (tertiary/aromatic N) is 2. The van der Waals surface area contributed by atoms with Crippen LogP contribution in [0.2, 0.25) is 0 Å². The quantitative estimate of drug-likeness (QED) is 0.752. The van der Waals surface area contributed by atoms with E-state index in [2.05, 4.69) is 15.3 Å². The lowest BCUT2D eigenvalue weighted by Crippen LogP contribution is -2.14. The molecule has 2 aromatic heterocycles. The van der Waals surface area contributed by atoms with Crippen molar-refractivity contribution in [3.05, 3.63) is 47.4 Å². The smallest absolute Gasteiger partial charge is 0.335 e. The van der Waals surface area contributed by atoms with Gasteiger partial charge >= 0.3 is 5.97 Å². The van der Waals surface area contributed by atoms with Crippen LogP contribution >= 0.6 is 11.3 Å². The highest BCUT2D eigenvalue weighted by Gasteiger charge is 2.17. The fourth-order valence-electron chi connectivity index (χ4n) is 2.03. The van der Waals surface area contributed by atoms with E-state index in [9.17, 15) is 14.0 Å². The van der Waals surface area contributed by atoms with E-state index in [0.717, 1.165) is 23.6 Å². The number of fused-ring (bicyclic) bond motifs is 1. The first-order chi connectivity index (χ1) is 11.5. The molecule has 7 nitrogen and oxygen atoms in total. The van der Waals surface area contributed by atoms with Gasteiger partial charge in [0.1, 0.15) is 11.4 Å². The summed E-state index contributed by atoms with van der Waals surface area (Å²) >= 11 is 1.11. The van der Waals surface area contributed by atoms with Gasteiger partial charge in [-0.2, -0.15) is 0 Å². The number of benzene rings is 1. The topological polar surface area (TPSA) is 101 Å². The Labute approximate surface area is 138 Å². The molecule has 2 N–H and O–H groups in total. The monoisotopic (exact) mass is 347 g/mol. The normalized spacial score (nSPS) is 10.6. The Kier molecular flexibility index (Phi) is 4.09. The summed E-state index contributed by atoms with van der Waals surface area (Å²) in [6, 6.07) is 5.46. The van der Waals surface area contributed by atoms with Gasteiger partial charge in [0.15, 0.2) is 5.13 Å². The Morgan fingerprint density at radius 2 is 2.12 bits per heavy atom. The standard InChI is InChI=1S/C15H10FN3O4S/c1-23-13-9(5-8(16)6-17-13)12(20)19-15-18-10-3-2-7(14(21)22)4-11(10)24-15/h2-6H,1H3,(H,21,22)(H,18,19,20). The van der Waals surface area contributed by atoms with Crippen LogP contribution in [0.3, 0.4) is 0 Å². The number of ether oxygens (including phenoxy) is 1. The number of thiazole rings is 1. The van der Waals surface area contributed by atoms with Crippen LogP contribution in [0.25, 0.3) is 10.2 Å². The molecule has 0 unspecified atom stereocenters. The second-order valence-corrected chi connectivity index (χ2v) is 5.70. The van der Waals surface area contributed by atoms with Gasteiger partial charge in [-0.3, -0.25) is 10.1 Å². The Morgan fingerprint density at radius 1 is 1.33 bits per heavy atom. The number of carbonyl (C=O) groups excluding carboxylic acids is 1. The molecule has 1 aromatic carbocycles. The lowest BCUT2D eigenvalue weighted by atomic mass is 10.2. The molecule has 0 saturated heterocycles. The molecule has 3 aromatic rings. The zero-order valence-electron chi connectivity index (χ0n) is 12.2. The summed E-state index contributed by atoms with van der Waals surface area (Å²) in [7, 11) is 1.32. The third kappa shape index (κ3) is 3.01. The van der Waals surface area contributed by atoms with Crippen molar-refractivity contribution >= 4 is 38.6 Å². The second kappa shape index (κ2) is 6.20. The van der Waals surface area contributed by atoms with Crippen molar-refractivity contribution in [2.45, 2.75) is 0 Å². The predicted octanol–water partition coefficient (Wildman–Crippen LogP) is 2.79. The average molecular weight is 347 g/mol. The summed E-state index contributed by atoms with van der Waals surface area (Å²) < 4.78 is 18.8. The fourth-order valence-corrected chi connectivity index (χ4v) is 2.93. The van der Waals surface area contributed by atoms with Crippen LogP contribution in [0, 0.1) is 5.82 Å². The summed E-state index contributed by atoms with van der Waals surface area (Å²) in [5, 5.41) is 11.8. The van der Waals surface area contributed by atoms with Gasteiger partial charge in [0, 0.05) is 0 Å². The van der Waals surface area contributed by atoms with Crippen molar-refractivity contribution in [2.24, 2.45) is 0 Å². The average Bonchev–Trinajstić information content (AvgIpc) is 2.95. The minimum absolute atomic E-state index is 0.0109. The van der Waals surface area contributed by atoms with Gasteiger partial charge in [-0.05, 0) is 24.3 Å². The van der Waals surface area contributed by atoms with Gasteiger partial charge < -0.3 is 9.84 Å². The lowest BCUT2D eigenvalue weighted by molar-refractivity contribution is 0.0697. The molecule has 0 saturated carbocycles. The van der Waals surface area contributed by atoms with E-state index in [1.165, 1.54) is 19.2 Å². The number of pyridine rings is 1. The highest BCUT2D eigenvalue weighted by Crippen LogP contribution is 2.28. The minimum Gasteiger partial charge on any atom is -0.480 e. The van der Waals surface area contributed by atoms with Crippen LogP contribution in [0.5, 0.6) is 5.88 Å². The zero-order chi connectivity index (χ0) is 17.3. The Balaban J connectivity index is 1.91. The van der Waals surface area contributed by atoms with Crippen LogP contribution in [0.4, 0.5) is 9.52 Å². The number of carbonyl (C=O) groups is 2. The first-order valence-electron chi connectivity index (χ1n) is 6.62. The number of hydrogen-bond acceptors (Lipinski definition) is 6. The summed E-state index contributed by atoms with van der Waals surface area (Å²) in [6.07, 6.45) is 0.945. The van der Waals surface area contributed by atoms with Gasteiger partial charge in [0.2, 0.25) is 5.88 Å². The second-order valence-electron chi connectivity index (χ2n) is 4.67. The van der Waals surface area contributed by atoms with E-state index in [1.54, 1.807) is 6.07 Å². The van der Waals surface area contributed by atoms with E-state index >= 15 is 0 Å². The number of rotatable bonds is 4. The molecule has 1 amide bonds. The van der Waals surface area contributed by atoms with Crippen molar-refractivity contribution in [2.75, 3.05) is 12.4 Å². The van der Waals surface area contributed by atoms with E-state index in [1.807, 2.05) is 0 Å². The van der Waals surface area contributed by atoms with Gasteiger partial charge in [-0.1, -0.05) is 11.3 Å². The first kappa shape index (κ1) is 15.8. The molecule has 0 spiro atoms. The molecule has 122 valence electrons. The van der Waals surface area contributed by atoms with Gasteiger partial charge in [0.25, 0.3) is 5.91 Å². The van der Waals surface area contributed by atoms with Crippen LogP contribution in [-0.4, -0.2) is 34.1 Å². The van der Waals surface area contributed by atoms with Crippen LogP contribution < -0.4 is 10.1 Å². The van der Waals surface area contributed by atoms with E-state index in [4.69, 9.17) is 9.84 Å². The molecule has 2 heterocycles. The molecule has 0 aliphatic heterocycles. The zero-order valence-corrected chi connectivity index (χ0v) is 13.1. The molecule has 0 radical (unpaired) electrons. The van der Waals surface area contributed by atoms with Crippen molar-refractivity contribution < 1.29 is 23.8 Å². The van der Waals surface area contributed by atoms with Crippen LogP contribution in [-0.2, 0) is 0 Å². The SMILES string of the molecule is COc1ncc(F)cc1C(=O)Nc1nc2ccc(C(=O)O)cc2s1.